The van der Waals surface area contributed by atoms with Crippen LogP contribution in [0.15, 0.2) is 48.5 Å². The summed E-state index contributed by atoms with van der Waals surface area (Å²) in [4.78, 5) is 0. The summed E-state index contributed by atoms with van der Waals surface area (Å²) in [5.74, 6) is 8.22. The molecule has 0 aromatic heterocycles. The summed E-state index contributed by atoms with van der Waals surface area (Å²) in [7, 11) is 0. The first-order valence-electron chi connectivity index (χ1n) is 11.9. The van der Waals surface area contributed by atoms with Crippen molar-refractivity contribution in [1.29, 1.82) is 0 Å². The summed E-state index contributed by atoms with van der Waals surface area (Å²) in [6, 6.07) is 18.1. The molecule has 1 aliphatic rings. The van der Waals surface area contributed by atoms with Gasteiger partial charge in [-0.05, 0) is 74.6 Å². The highest BCUT2D eigenvalue weighted by Gasteiger charge is 2.21. The van der Waals surface area contributed by atoms with Gasteiger partial charge in [0.05, 0.1) is 0 Å². The summed E-state index contributed by atoms with van der Waals surface area (Å²) in [6.45, 7) is 4.41. The van der Waals surface area contributed by atoms with Gasteiger partial charge >= 0.3 is 0 Å². The highest BCUT2D eigenvalue weighted by atomic mass is 14.2. The molecule has 0 atom stereocenters. The van der Waals surface area contributed by atoms with Crippen LogP contribution in [0.4, 0.5) is 0 Å². The van der Waals surface area contributed by atoms with E-state index in [4.69, 9.17) is 0 Å². The minimum atomic E-state index is 0.569. The first kappa shape index (κ1) is 21.7. The molecule has 1 aliphatic carbocycles. The molecule has 3 rings (SSSR count). The second-order valence-electron chi connectivity index (χ2n) is 8.94. The van der Waals surface area contributed by atoms with Crippen molar-refractivity contribution in [1.82, 2.24) is 0 Å². The summed E-state index contributed by atoms with van der Waals surface area (Å²) >= 11 is 0. The maximum Gasteiger partial charge on any atom is 0.0245 e. The van der Waals surface area contributed by atoms with E-state index in [1.807, 2.05) is 0 Å². The van der Waals surface area contributed by atoms with Gasteiger partial charge < -0.3 is 0 Å². The van der Waals surface area contributed by atoms with E-state index in [0.29, 0.717) is 5.92 Å². The van der Waals surface area contributed by atoms with Gasteiger partial charge in [-0.25, -0.2) is 0 Å². The molecule has 1 fully saturated rings. The average molecular weight is 387 g/mol. The Labute approximate surface area is 179 Å². The zero-order valence-electron chi connectivity index (χ0n) is 18.6. The molecule has 29 heavy (non-hydrogen) atoms. The minimum absolute atomic E-state index is 0.569. The van der Waals surface area contributed by atoms with E-state index >= 15 is 0 Å². The first-order valence-corrected chi connectivity index (χ1v) is 11.9. The number of hydrogen-bond acceptors (Lipinski definition) is 0. The molecule has 0 bridgehead atoms. The smallest absolute Gasteiger partial charge is 0.0245 e. The van der Waals surface area contributed by atoms with Crippen LogP contribution in [0, 0.1) is 24.7 Å². The van der Waals surface area contributed by atoms with Crippen LogP contribution in [0.5, 0.6) is 0 Å². The molecule has 0 radical (unpaired) electrons. The lowest BCUT2D eigenvalue weighted by Gasteiger charge is -2.26. The minimum Gasteiger partial charge on any atom is -0.0945 e. The van der Waals surface area contributed by atoms with E-state index in [1.54, 1.807) is 5.56 Å². The highest BCUT2D eigenvalue weighted by Crippen LogP contribution is 2.35. The molecule has 2 aromatic rings. The third-order valence-electron chi connectivity index (χ3n) is 6.47. The van der Waals surface area contributed by atoms with Gasteiger partial charge in [0, 0.05) is 11.5 Å². The Morgan fingerprint density at radius 1 is 0.759 bits per heavy atom. The van der Waals surface area contributed by atoms with Crippen molar-refractivity contribution >= 4 is 0 Å². The molecule has 0 heterocycles. The van der Waals surface area contributed by atoms with Gasteiger partial charge in [0.25, 0.3) is 0 Å². The predicted octanol–water partition coefficient (Wildman–Crippen LogP) is 8.22. The second-order valence-corrected chi connectivity index (χ2v) is 8.94. The highest BCUT2D eigenvalue weighted by molar-refractivity contribution is 5.36. The van der Waals surface area contributed by atoms with E-state index in [9.17, 15) is 0 Å². The van der Waals surface area contributed by atoms with E-state index < -0.39 is 0 Å². The Morgan fingerprint density at radius 2 is 1.41 bits per heavy atom. The SMILES string of the molecule is CCCCCCCCc1ccc(C2CCC(C#Cc3ccc(C)cc3)CC2)cc1. The monoisotopic (exact) mass is 386 g/mol. The largest absolute Gasteiger partial charge is 0.0945 e. The van der Waals surface area contributed by atoms with Gasteiger partial charge in [0.1, 0.15) is 0 Å². The summed E-state index contributed by atoms with van der Waals surface area (Å²) in [5, 5.41) is 0. The molecule has 154 valence electrons. The van der Waals surface area contributed by atoms with Gasteiger partial charge in [0.2, 0.25) is 0 Å². The van der Waals surface area contributed by atoms with Gasteiger partial charge in [-0.2, -0.15) is 0 Å². The third-order valence-corrected chi connectivity index (χ3v) is 6.47. The van der Waals surface area contributed by atoms with Crippen LogP contribution in [0.2, 0.25) is 0 Å². The number of aryl methyl sites for hydroxylation is 2. The normalized spacial score (nSPS) is 18.8. The van der Waals surface area contributed by atoms with E-state index in [0.717, 1.165) is 11.5 Å². The summed E-state index contributed by atoms with van der Waals surface area (Å²) in [6.07, 6.45) is 14.6. The number of hydrogen-bond donors (Lipinski definition) is 0. The fraction of sp³-hybridized carbons (Fsp3) is 0.517. The first-order chi connectivity index (χ1) is 14.2. The van der Waals surface area contributed by atoms with Crippen molar-refractivity contribution in [3.05, 3.63) is 70.8 Å². The Balaban J connectivity index is 1.41. The van der Waals surface area contributed by atoms with Crippen molar-refractivity contribution in [2.24, 2.45) is 5.92 Å². The molecule has 0 amide bonds. The number of unbranched alkanes of at least 4 members (excludes halogenated alkanes) is 5. The van der Waals surface area contributed by atoms with Crippen molar-refractivity contribution in [3.63, 3.8) is 0 Å². The van der Waals surface area contributed by atoms with Crippen molar-refractivity contribution < 1.29 is 0 Å². The molecular formula is C29H38. The average Bonchev–Trinajstić information content (AvgIpc) is 2.77. The van der Waals surface area contributed by atoms with Crippen LogP contribution in [-0.2, 0) is 6.42 Å². The molecule has 0 saturated heterocycles. The predicted molar refractivity (Wildman–Crippen MR) is 126 cm³/mol. The Kier molecular flexibility index (Phi) is 8.88. The van der Waals surface area contributed by atoms with Crippen LogP contribution < -0.4 is 0 Å². The van der Waals surface area contributed by atoms with Gasteiger partial charge in [-0.15, -0.1) is 0 Å². The number of benzene rings is 2. The lowest BCUT2D eigenvalue weighted by molar-refractivity contribution is 0.384. The molecule has 0 aliphatic heterocycles. The maximum atomic E-state index is 3.53. The topological polar surface area (TPSA) is 0 Å². The van der Waals surface area contributed by atoms with E-state index in [-0.39, 0.29) is 0 Å². The van der Waals surface area contributed by atoms with Gasteiger partial charge in [0.15, 0.2) is 0 Å². The number of rotatable bonds is 8. The van der Waals surface area contributed by atoms with E-state index in [1.165, 1.54) is 81.8 Å². The quantitative estimate of drug-likeness (QED) is 0.316. The Bertz CT molecular complexity index is 762. The molecule has 0 unspecified atom stereocenters. The zero-order valence-corrected chi connectivity index (χ0v) is 18.6. The van der Waals surface area contributed by atoms with E-state index in [2.05, 4.69) is 74.2 Å². The molecule has 0 heteroatoms. The standard InChI is InChI=1S/C29H38/c1-3-4-5-6-7-8-9-25-16-20-28(21-17-25)29-22-18-27(19-23-29)15-14-26-12-10-24(2)11-13-26/h10-13,16-17,20-21,27,29H,3-9,18-19,22-23H2,1-2H3. The Hall–Kier alpha value is -2.00. The lowest BCUT2D eigenvalue weighted by Crippen LogP contribution is -2.12. The van der Waals surface area contributed by atoms with Crippen LogP contribution >= 0.6 is 0 Å². The van der Waals surface area contributed by atoms with Crippen LogP contribution in [-0.4, -0.2) is 0 Å². The maximum absolute atomic E-state index is 3.53. The summed E-state index contributed by atoms with van der Waals surface area (Å²) < 4.78 is 0. The molecular weight excluding hydrogens is 348 g/mol. The van der Waals surface area contributed by atoms with Crippen LogP contribution in [0.1, 0.15) is 99.3 Å². The second kappa shape index (κ2) is 11.9. The fourth-order valence-electron chi connectivity index (χ4n) is 4.46. The molecule has 0 nitrogen and oxygen atoms in total. The van der Waals surface area contributed by atoms with Gasteiger partial charge in [-0.1, -0.05) is 92.8 Å². The van der Waals surface area contributed by atoms with Crippen molar-refractivity contribution in [2.45, 2.75) is 90.4 Å². The van der Waals surface area contributed by atoms with Crippen molar-refractivity contribution in [2.75, 3.05) is 0 Å². The van der Waals surface area contributed by atoms with Crippen LogP contribution in [0.25, 0.3) is 0 Å². The molecule has 1 saturated carbocycles. The fourth-order valence-corrected chi connectivity index (χ4v) is 4.46. The third kappa shape index (κ3) is 7.40. The summed E-state index contributed by atoms with van der Waals surface area (Å²) in [5.41, 5.74) is 5.51. The van der Waals surface area contributed by atoms with Crippen molar-refractivity contribution in [3.8, 4) is 11.8 Å². The Morgan fingerprint density at radius 3 is 2.10 bits per heavy atom. The van der Waals surface area contributed by atoms with Crippen LogP contribution in [0.3, 0.4) is 0 Å². The molecule has 0 N–H and O–H groups in total. The molecule has 0 spiro atoms. The molecule has 2 aromatic carbocycles. The zero-order chi connectivity index (χ0) is 20.3. The van der Waals surface area contributed by atoms with Gasteiger partial charge in [-0.3, -0.25) is 0 Å². The lowest BCUT2D eigenvalue weighted by atomic mass is 9.78.